The van der Waals surface area contributed by atoms with Gasteiger partial charge in [0.05, 0.1) is 13.2 Å². The molecule has 1 atom stereocenters. The van der Waals surface area contributed by atoms with Crippen molar-refractivity contribution in [3.05, 3.63) is 0 Å². The van der Waals surface area contributed by atoms with E-state index in [1.807, 2.05) is 23.9 Å². The Kier molecular flexibility index (Phi) is 8.74. The summed E-state index contributed by atoms with van der Waals surface area (Å²) in [5.74, 6) is 0.934. The molecule has 0 spiro atoms. The Balaban J connectivity index is 1.66. The third kappa shape index (κ3) is 8.36. The number of nitrogens with one attached hydrogen (secondary N) is 2. The van der Waals surface area contributed by atoms with E-state index in [0.717, 1.165) is 65.0 Å². The summed E-state index contributed by atoms with van der Waals surface area (Å²) >= 11 is 0. The fourth-order valence-electron chi connectivity index (χ4n) is 4.16. The first-order valence-electron chi connectivity index (χ1n) is 11.1. The number of hydrogen-bond acceptors (Lipinski definition) is 5. The molecule has 6 heteroatoms. The molecule has 2 rings (SSSR count). The van der Waals surface area contributed by atoms with Crippen LogP contribution in [-0.4, -0.2) is 86.3 Å². The van der Waals surface area contributed by atoms with Crippen LogP contribution in [0.1, 0.15) is 59.8 Å². The minimum absolute atomic E-state index is 0.128. The second-order valence-corrected chi connectivity index (χ2v) is 10.4. The highest BCUT2D eigenvalue weighted by molar-refractivity contribution is 5.78. The summed E-state index contributed by atoms with van der Waals surface area (Å²) in [6.45, 7) is 14.4. The summed E-state index contributed by atoms with van der Waals surface area (Å²) < 4.78 is 5.49. The zero-order valence-electron chi connectivity index (χ0n) is 19.1. The van der Waals surface area contributed by atoms with E-state index in [1.165, 1.54) is 0 Å². The van der Waals surface area contributed by atoms with E-state index in [-0.39, 0.29) is 17.0 Å². The molecule has 0 radical (unpaired) electrons. The number of piperidine rings is 1. The van der Waals surface area contributed by atoms with Crippen molar-refractivity contribution in [2.75, 3.05) is 53.5 Å². The maximum Gasteiger partial charge on any atom is 0.236 e. The van der Waals surface area contributed by atoms with Gasteiger partial charge in [0.15, 0.2) is 0 Å². The van der Waals surface area contributed by atoms with E-state index < -0.39 is 0 Å². The van der Waals surface area contributed by atoms with Crippen molar-refractivity contribution in [3.63, 3.8) is 0 Å². The average Bonchev–Trinajstić information content (AvgIpc) is 3.11. The number of amides is 1. The largest absolute Gasteiger partial charge is 0.380 e. The third-order valence-electron chi connectivity index (χ3n) is 6.19. The Morgan fingerprint density at radius 1 is 1.07 bits per heavy atom. The molecular formula is C22H44N4O2. The van der Waals surface area contributed by atoms with Gasteiger partial charge in [-0.3, -0.25) is 4.79 Å². The lowest BCUT2D eigenvalue weighted by atomic mass is 9.87. The fourth-order valence-corrected chi connectivity index (χ4v) is 4.16. The molecule has 0 aromatic rings. The molecule has 0 aromatic carbocycles. The number of rotatable bonds is 10. The highest BCUT2D eigenvalue weighted by Crippen LogP contribution is 2.23. The molecule has 1 unspecified atom stereocenters. The Labute approximate surface area is 172 Å². The number of carbonyl (C=O) groups is 1. The Morgan fingerprint density at radius 3 is 2.29 bits per heavy atom. The Hall–Kier alpha value is -0.690. The number of likely N-dealkylation sites (tertiary alicyclic amines) is 1. The lowest BCUT2D eigenvalue weighted by Crippen LogP contribution is -2.50. The summed E-state index contributed by atoms with van der Waals surface area (Å²) in [5.41, 5.74) is 0.262. The minimum Gasteiger partial charge on any atom is -0.380 e. The normalized spacial score (nSPS) is 22.2. The summed E-state index contributed by atoms with van der Waals surface area (Å²) in [7, 11) is 3.91. The molecule has 0 aromatic heterocycles. The first-order valence-corrected chi connectivity index (χ1v) is 11.1. The highest BCUT2D eigenvalue weighted by atomic mass is 16.5. The molecule has 6 nitrogen and oxygen atoms in total. The van der Waals surface area contributed by atoms with Crippen molar-refractivity contribution in [2.24, 2.45) is 5.92 Å². The number of hydrogen-bond donors (Lipinski definition) is 2. The van der Waals surface area contributed by atoms with Crippen LogP contribution in [0.3, 0.4) is 0 Å². The molecule has 1 amide bonds. The van der Waals surface area contributed by atoms with Gasteiger partial charge in [-0.05, 0) is 86.4 Å². The van der Waals surface area contributed by atoms with Crippen LogP contribution in [0.2, 0.25) is 0 Å². The van der Waals surface area contributed by atoms with Crippen molar-refractivity contribution in [1.82, 2.24) is 20.4 Å². The smallest absolute Gasteiger partial charge is 0.236 e. The van der Waals surface area contributed by atoms with E-state index in [2.05, 4.69) is 38.3 Å². The van der Waals surface area contributed by atoms with Crippen LogP contribution >= 0.6 is 0 Å². The summed E-state index contributed by atoms with van der Waals surface area (Å²) in [5, 5.41) is 7.58. The van der Waals surface area contributed by atoms with Gasteiger partial charge in [0.1, 0.15) is 0 Å². The van der Waals surface area contributed by atoms with E-state index in [9.17, 15) is 4.79 Å². The molecule has 2 fully saturated rings. The first-order chi connectivity index (χ1) is 13.1. The first kappa shape index (κ1) is 23.6. The molecule has 0 saturated carbocycles. The van der Waals surface area contributed by atoms with Gasteiger partial charge in [0.25, 0.3) is 0 Å². The van der Waals surface area contributed by atoms with Gasteiger partial charge in [-0.1, -0.05) is 0 Å². The van der Waals surface area contributed by atoms with Crippen LogP contribution in [0.5, 0.6) is 0 Å². The molecular weight excluding hydrogens is 352 g/mol. The Bertz CT molecular complexity index is 479. The molecule has 0 bridgehead atoms. The predicted octanol–water partition coefficient (Wildman–Crippen LogP) is 2.09. The molecule has 2 aliphatic rings. The molecule has 28 heavy (non-hydrogen) atoms. The third-order valence-corrected chi connectivity index (χ3v) is 6.19. The topological polar surface area (TPSA) is 56.8 Å². The highest BCUT2D eigenvalue weighted by Gasteiger charge is 2.29. The molecule has 2 saturated heterocycles. The van der Waals surface area contributed by atoms with Crippen molar-refractivity contribution in [1.29, 1.82) is 0 Å². The maximum absolute atomic E-state index is 12.2. The summed E-state index contributed by atoms with van der Waals surface area (Å²) in [4.78, 5) is 16.2. The molecule has 2 heterocycles. The SMILES string of the molecule is CN(C)CC(=O)N1CCC(CNC(C)(C)CCC(C)(C)NC2CCOC2)CC1. The van der Waals surface area contributed by atoms with Gasteiger partial charge >= 0.3 is 0 Å². The zero-order valence-corrected chi connectivity index (χ0v) is 19.1. The van der Waals surface area contributed by atoms with E-state index >= 15 is 0 Å². The zero-order chi connectivity index (χ0) is 20.8. The lowest BCUT2D eigenvalue weighted by molar-refractivity contribution is -0.133. The lowest BCUT2D eigenvalue weighted by Gasteiger charge is -2.37. The molecule has 2 N–H and O–H groups in total. The number of ether oxygens (including phenoxy) is 1. The number of likely N-dealkylation sites (N-methyl/N-ethyl adjacent to an activating group) is 1. The van der Waals surface area contributed by atoms with Crippen molar-refractivity contribution >= 4 is 5.91 Å². The second kappa shape index (κ2) is 10.4. The summed E-state index contributed by atoms with van der Waals surface area (Å²) in [6.07, 6.45) is 5.62. The van der Waals surface area contributed by atoms with Crippen LogP contribution in [0.15, 0.2) is 0 Å². The number of carbonyl (C=O) groups excluding carboxylic acids is 1. The molecule has 2 aliphatic heterocycles. The van der Waals surface area contributed by atoms with Gasteiger partial charge in [-0.2, -0.15) is 0 Å². The summed E-state index contributed by atoms with van der Waals surface area (Å²) in [6, 6.07) is 0.506. The van der Waals surface area contributed by atoms with Crippen molar-refractivity contribution < 1.29 is 9.53 Å². The van der Waals surface area contributed by atoms with Gasteiger partial charge in [0, 0.05) is 36.8 Å². The monoisotopic (exact) mass is 396 g/mol. The standard InChI is InChI=1S/C22H44N4O2/c1-21(2,10-11-22(3,4)24-19-9-14-28-17-19)23-15-18-7-12-26(13-8-18)20(27)16-25(5)6/h18-19,23-24H,7-17H2,1-6H3. The van der Waals surface area contributed by atoms with Crippen LogP contribution < -0.4 is 10.6 Å². The van der Waals surface area contributed by atoms with Crippen molar-refractivity contribution in [2.45, 2.75) is 76.9 Å². The van der Waals surface area contributed by atoms with Crippen LogP contribution in [-0.2, 0) is 9.53 Å². The van der Waals surface area contributed by atoms with E-state index in [4.69, 9.17) is 4.74 Å². The van der Waals surface area contributed by atoms with E-state index in [1.54, 1.807) is 0 Å². The van der Waals surface area contributed by atoms with Gasteiger partial charge in [-0.15, -0.1) is 0 Å². The van der Waals surface area contributed by atoms with Crippen molar-refractivity contribution in [3.8, 4) is 0 Å². The minimum atomic E-state index is 0.128. The van der Waals surface area contributed by atoms with Gasteiger partial charge < -0.3 is 25.2 Å². The maximum atomic E-state index is 12.2. The van der Waals surface area contributed by atoms with Crippen LogP contribution in [0.25, 0.3) is 0 Å². The Morgan fingerprint density at radius 2 is 1.71 bits per heavy atom. The number of nitrogens with zero attached hydrogens (tertiary/aromatic N) is 2. The van der Waals surface area contributed by atoms with Crippen LogP contribution in [0.4, 0.5) is 0 Å². The predicted molar refractivity (Wildman–Crippen MR) is 116 cm³/mol. The fraction of sp³-hybridized carbons (Fsp3) is 0.955. The van der Waals surface area contributed by atoms with Gasteiger partial charge in [-0.25, -0.2) is 0 Å². The quantitative estimate of drug-likeness (QED) is 0.592. The van der Waals surface area contributed by atoms with E-state index in [0.29, 0.717) is 18.5 Å². The molecule has 164 valence electrons. The second-order valence-electron chi connectivity index (χ2n) is 10.4. The average molecular weight is 397 g/mol. The molecule has 0 aliphatic carbocycles. The van der Waals surface area contributed by atoms with Crippen LogP contribution in [0, 0.1) is 5.92 Å². The van der Waals surface area contributed by atoms with Gasteiger partial charge in [0.2, 0.25) is 5.91 Å².